The van der Waals surface area contributed by atoms with Gasteiger partial charge in [-0.25, -0.2) is 4.98 Å². The van der Waals surface area contributed by atoms with Crippen LogP contribution in [0.4, 0.5) is 5.82 Å². The maximum Gasteiger partial charge on any atom is 0.272 e. The Hall–Kier alpha value is -3.40. The van der Waals surface area contributed by atoms with Crippen molar-refractivity contribution in [2.24, 2.45) is 30.0 Å². The number of hydrogen-bond donors (Lipinski definition) is 1. The second-order valence-electron chi connectivity index (χ2n) is 12.4. The molecule has 0 radical (unpaired) electrons. The van der Waals surface area contributed by atoms with Crippen LogP contribution in [0.15, 0.2) is 35.1 Å². The van der Waals surface area contributed by atoms with Crippen molar-refractivity contribution < 1.29 is 13.9 Å². The highest BCUT2D eigenvalue weighted by Gasteiger charge is 2.59. The normalized spacial score (nSPS) is 24.4. The third kappa shape index (κ3) is 4.66. The number of oxazole rings is 1. The molecule has 1 amide bonds. The molecule has 6 rings (SSSR count). The minimum Gasteiger partial charge on any atom is -0.474 e. The van der Waals surface area contributed by atoms with Crippen molar-refractivity contribution in [1.29, 1.82) is 0 Å². The number of rotatable bonds is 6. The number of fused-ring (bicyclic) bond motifs is 1. The van der Waals surface area contributed by atoms with Gasteiger partial charge in [-0.05, 0) is 43.7 Å². The molecular formula is C28H37N7O3. The van der Waals surface area contributed by atoms with Crippen molar-refractivity contribution in [1.82, 2.24) is 24.6 Å². The molecule has 10 heteroatoms. The average Bonchev–Trinajstić information content (AvgIpc) is 3.36. The highest BCUT2D eigenvalue weighted by atomic mass is 16.5. The second-order valence-corrected chi connectivity index (χ2v) is 12.4. The number of nitrogens with two attached hydrogens (primary N) is 1. The molecule has 1 saturated carbocycles. The first-order valence-corrected chi connectivity index (χ1v) is 13.4. The van der Waals surface area contributed by atoms with Crippen LogP contribution in [0.25, 0.3) is 11.6 Å². The van der Waals surface area contributed by atoms with E-state index in [1.807, 2.05) is 24.8 Å². The van der Waals surface area contributed by atoms with Crippen molar-refractivity contribution >= 4 is 11.7 Å². The number of aryl methyl sites for hydroxylation is 1. The lowest BCUT2D eigenvalue weighted by Crippen LogP contribution is -2.38. The van der Waals surface area contributed by atoms with Crippen molar-refractivity contribution in [2.45, 2.75) is 52.2 Å². The lowest BCUT2D eigenvalue weighted by atomic mass is 9.82. The van der Waals surface area contributed by atoms with E-state index in [0.717, 1.165) is 37.3 Å². The summed E-state index contributed by atoms with van der Waals surface area (Å²) in [5.74, 6) is 2.53. The number of hydrogen-bond acceptors (Lipinski definition) is 8. The zero-order valence-electron chi connectivity index (χ0n) is 22.8. The molecule has 2 aliphatic heterocycles. The molecule has 2 atom stereocenters. The smallest absolute Gasteiger partial charge is 0.272 e. The van der Waals surface area contributed by atoms with Crippen molar-refractivity contribution in [3.8, 4) is 17.5 Å². The van der Waals surface area contributed by atoms with E-state index < -0.39 is 5.54 Å². The van der Waals surface area contributed by atoms with Crippen LogP contribution >= 0.6 is 0 Å². The van der Waals surface area contributed by atoms with Gasteiger partial charge in [-0.3, -0.25) is 9.48 Å². The lowest BCUT2D eigenvalue weighted by molar-refractivity contribution is 0.0740. The van der Waals surface area contributed by atoms with E-state index in [-0.39, 0.29) is 12.0 Å². The van der Waals surface area contributed by atoms with Crippen LogP contribution in [0.5, 0.6) is 5.88 Å². The van der Waals surface area contributed by atoms with Gasteiger partial charge in [0.15, 0.2) is 0 Å². The molecule has 38 heavy (non-hydrogen) atoms. The zero-order valence-corrected chi connectivity index (χ0v) is 22.8. The van der Waals surface area contributed by atoms with Gasteiger partial charge in [0, 0.05) is 62.7 Å². The standard InChI is InChI=1S/C28H37N7O3/c1-27(2)6-9-34(10-7-27)22-12-17(28(3,4)29)13-23(31-22)38-24-18-15-35(16-19(18)24)26(36)21-14-20(32-33(21)5)25-30-8-11-37-25/h8,11-14,18-19,24H,6-7,9-10,15-16,29H2,1-5H3. The number of likely N-dealkylation sites (tertiary alicyclic amines) is 1. The van der Waals surface area contributed by atoms with Crippen LogP contribution in [-0.2, 0) is 12.6 Å². The fourth-order valence-corrected chi connectivity index (χ4v) is 5.66. The summed E-state index contributed by atoms with van der Waals surface area (Å²) in [4.78, 5) is 26.5. The lowest BCUT2D eigenvalue weighted by Gasteiger charge is -2.38. The summed E-state index contributed by atoms with van der Waals surface area (Å²) in [6.45, 7) is 11.9. The van der Waals surface area contributed by atoms with Crippen molar-refractivity contribution in [2.75, 3.05) is 31.1 Å². The maximum absolute atomic E-state index is 13.2. The molecule has 3 fully saturated rings. The van der Waals surface area contributed by atoms with Gasteiger partial charge in [0.2, 0.25) is 11.8 Å². The summed E-state index contributed by atoms with van der Waals surface area (Å²) in [6.07, 6.45) is 5.39. The summed E-state index contributed by atoms with van der Waals surface area (Å²) in [5, 5.41) is 4.39. The van der Waals surface area contributed by atoms with Gasteiger partial charge >= 0.3 is 0 Å². The first-order valence-electron chi connectivity index (χ1n) is 13.4. The fourth-order valence-electron chi connectivity index (χ4n) is 5.66. The van der Waals surface area contributed by atoms with E-state index >= 15 is 0 Å². The minimum atomic E-state index is -0.499. The fraction of sp³-hybridized carbons (Fsp3) is 0.571. The first-order chi connectivity index (χ1) is 18.0. The van der Waals surface area contributed by atoms with Crippen LogP contribution in [0.3, 0.4) is 0 Å². The summed E-state index contributed by atoms with van der Waals surface area (Å²) < 4.78 is 13.4. The van der Waals surface area contributed by atoms with E-state index in [9.17, 15) is 4.79 Å². The number of carbonyl (C=O) groups is 1. The summed E-state index contributed by atoms with van der Waals surface area (Å²) in [7, 11) is 1.76. The molecule has 2 saturated heterocycles. The maximum atomic E-state index is 13.2. The molecule has 2 unspecified atom stereocenters. The predicted octanol–water partition coefficient (Wildman–Crippen LogP) is 3.44. The number of anilines is 1. The average molecular weight is 520 g/mol. The Balaban J connectivity index is 1.13. The van der Waals surface area contributed by atoms with E-state index in [0.29, 0.717) is 53.5 Å². The first kappa shape index (κ1) is 24.9. The Labute approximate surface area is 223 Å². The summed E-state index contributed by atoms with van der Waals surface area (Å²) in [5.41, 5.74) is 8.44. The molecule has 0 spiro atoms. The third-order valence-electron chi connectivity index (χ3n) is 8.38. The number of piperidine rings is 2. The highest BCUT2D eigenvalue weighted by molar-refractivity contribution is 5.93. The van der Waals surface area contributed by atoms with Crippen molar-refractivity contribution in [3.63, 3.8) is 0 Å². The minimum absolute atomic E-state index is 0.0379. The van der Waals surface area contributed by atoms with Crippen LogP contribution in [0.1, 0.15) is 56.6 Å². The molecule has 10 nitrogen and oxygen atoms in total. The molecular weight excluding hydrogens is 482 g/mol. The second kappa shape index (κ2) is 8.83. The van der Waals surface area contributed by atoms with E-state index in [1.54, 1.807) is 24.0 Å². The molecule has 2 N–H and O–H groups in total. The number of nitrogens with zero attached hydrogens (tertiary/aromatic N) is 6. The van der Waals surface area contributed by atoms with Gasteiger partial charge in [0.05, 0.1) is 6.20 Å². The van der Waals surface area contributed by atoms with Crippen LogP contribution in [-0.4, -0.2) is 62.8 Å². The highest BCUT2D eigenvalue weighted by Crippen LogP contribution is 2.48. The molecule has 0 aromatic carbocycles. The monoisotopic (exact) mass is 519 g/mol. The van der Waals surface area contributed by atoms with Crippen LogP contribution in [0.2, 0.25) is 0 Å². The molecule has 3 aromatic heterocycles. The van der Waals surface area contributed by atoms with Gasteiger partial charge in [-0.1, -0.05) is 13.8 Å². The number of carbonyl (C=O) groups excluding carboxylic acids is 1. The quantitative estimate of drug-likeness (QED) is 0.527. The van der Waals surface area contributed by atoms with Gasteiger partial charge in [0.1, 0.15) is 29.6 Å². The predicted molar refractivity (Wildman–Crippen MR) is 143 cm³/mol. The zero-order chi connectivity index (χ0) is 26.8. The van der Waals surface area contributed by atoms with Crippen LogP contribution in [0, 0.1) is 17.3 Å². The van der Waals surface area contributed by atoms with E-state index in [2.05, 4.69) is 34.9 Å². The topological polar surface area (TPSA) is 116 Å². The number of pyridine rings is 1. The Morgan fingerprint density at radius 1 is 1.16 bits per heavy atom. The third-order valence-corrected chi connectivity index (χ3v) is 8.38. The van der Waals surface area contributed by atoms with E-state index in [1.165, 1.54) is 6.26 Å². The Bertz CT molecular complexity index is 1320. The Morgan fingerprint density at radius 3 is 2.50 bits per heavy atom. The molecule has 3 aromatic rings. The number of aromatic nitrogens is 4. The van der Waals surface area contributed by atoms with Crippen LogP contribution < -0.4 is 15.4 Å². The Morgan fingerprint density at radius 2 is 1.87 bits per heavy atom. The molecule has 202 valence electrons. The van der Waals surface area contributed by atoms with Crippen molar-refractivity contribution in [3.05, 3.63) is 41.9 Å². The van der Waals surface area contributed by atoms with Gasteiger partial charge in [-0.15, -0.1) is 0 Å². The largest absolute Gasteiger partial charge is 0.474 e. The van der Waals surface area contributed by atoms with Gasteiger partial charge in [0.25, 0.3) is 5.91 Å². The molecule has 0 bridgehead atoms. The Kier molecular flexibility index (Phi) is 5.79. The number of amides is 1. The number of ether oxygens (including phenoxy) is 1. The van der Waals surface area contributed by atoms with Gasteiger partial charge < -0.3 is 24.7 Å². The van der Waals surface area contributed by atoms with Gasteiger partial charge in [-0.2, -0.15) is 10.1 Å². The SMILES string of the molecule is Cn1nc(-c2ncco2)cc1C(=O)N1CC2C(C1)C2Oc1cc(C(C)(C)N)cc(N2CCC(C)(C)CC2)n1. The molecule has 1 aliphatic carbocycles. The van der Waals surface area contributed by atoms with E-state index in [4.69, 9.17) is 19.9 Å². The molecule has 5 heterocycles. The summed E-state index contributed by atoms with van der Waals surface area (Å²) in [6, 6.07) is 5.83. The molecule has 3 aliphatic rings. The summed E-state index contributed by atoms with van der Waals surface area (Å²) >= 11 is 0.